The first kappa shape index (κ1) is 103. The van der Waals surface area contributed by atoms with Crippen molar-refractivity contribution in [2.75, 3.05) is 0 Å². The van der Waals surface area contributed by atoms with E-state index < -0.39 is 51.8 Å². The normalized spacial score (nSPS) is 12.4. The minimum Gasteiger partial charge on any atom is -0.427 e. The molecule has 6 aromatic carbocycles. The van der Waals surface area contributed by atoms with Gasteiger partial charge >= 0.3 is 0 Å². The second-order valence-electron chi connectivity index (χ2n) is 40.4. The summed E-state index contributed by atoms with van der Waals surface area (Å²) in [5.74, 6) is 1.26. The lowest BCUT2D eigenvalue weighted by Gasteiger charge is -2.40. The molecule has 0 heterocycles. The molecule has 0 spiro atoms. The fourth-order valence-electron chi connectivity index (χ4n) is 17.9. The van der Waals surface area contributed by atoms with E-state index in [-0.39, 0.29) is 56.9 Å². The lowest BCUT2D eigenvalue weighted by Crippen LogP contribution is -2.53. The second kappa shape index (κ2) is 44.4. The number of rotatable bonds is 24. The quantitative estimate of drug-likeness (QED) is 0.0571. The number of carbonyl (C=O) groups excluding carboxylic acids is 6. The van der Waals surface area contributed by atoms with Gasteiger partial charge in [0.25, 0.3) is 0 Å². The average molecular weight is 1610 g/mol. The molecular weight excluding hydrogens is 1450 g/mol. The highest BCUT2D eigenvalue weighted by Gasteiger charge is 2.43. The Morgan fingerprint density at radius 3 is 0.509 bits per heavy atom. The maximum absolute atomic E-state index is 11.2. The molecular formula is C96H156O8Si6. The molecule has 2 N–H and O–H groups in total. The Morgan fingerprint density at radius 1 is 0.255 bits per heavy atom. The first-order valence-corrected chi connectivity index (χ1v) is 52.3. The van der Waals surface area contributed by atoms with Crippen LogP contribution in [0.2, 0.25) is 63.5 Å². The van der Waals surface area contributed by atoms with E-state index in [1.54, 1.807) is 41.5 Å². The predicted octanol–water partition coefficient (Wildman–Crippen LogP) is 20.2. The first-order chi connectivity index (χ1) is 50.0. The third kappa shape index (κ3) is 34.7. The Kier molecular flexibility index (Phi) is 41.4. The molecule has 0 aromatic heterocycles. The zero-order valence-corrected chi connectivity index (χ0v) is 82.8. The van der Waals surface area contributed by atoms with Crippen molar-refractivity contribution in [1.29, 1.82) is 0 Å². The minimum absolute atomic E-state index is 0.169. The van der Waals surface area contributed by atoms with Crippen LogP contribution in [0.3, 0.4) is 0 Å². The van der Waals surface area contributed by atoms with Crippen LogP contribution in [0.5, 0.6) is 0 Å². The van der Waals surface area contributed by atoms with Crippen LogP contribution in [0.15, 0.2) is 146 Å². The van der Waals surface area contributed by atoms with Gasteiger partial charge in [-0.3, -0.25) is 28.8 Å². The van der Waals surface area contributed by atoms with Crippen LogP contribution in [0.25, 0.3) is 0 Å². The summed E-state index contributed by atoms with van der Waals surface area (Å²) >= 11 is 0. The first-order valence-electron chi connectivity index (χ1n) is 41.0. The molecule has 612 valence electrons. The summed E-state index contributed by atoms with van der Waals surface area (Å²) in [6.45, 7) is 78.3. The van der Waals surface area contributed by atoms with Gasteiger partial charge in [0.2, 0.25) is 16.6 Å². The van der Waals surface area contributed by atoms with Gasteiger partial charge in [-0.1, -0.05) is 374 Å². The van der Waals surface area contributed by atoms with Crippen molar-refractivity contribution in [2.24, 2.45) is 0 Å². The number of carbonyl (C=O) groups is 6. The van der Waals surface area contributed by atoms with E-state index in [2.05, 4.69) is 305 Å². The minimum atomic E-state index is -2.43. The average Bonchev–Trinajstić information content (AvgIpc) is 0.827. The molecule has 14 heteroatoms. The van der Waals surface area contributed by atoms with Crippen molar-refractivity contribution >= 4 is 118 Å². The summed E-state index contributed by atoms with van der Waals surface area (Å²) in [5.41, 5.74) is 9.30. The van der Waals surface area contributed by atoms with Crippen LogP contribution in [0.1, 0.15) is 283 Å². The fraction of sp³-hybridized carbons (Fsp3) is 0.562. The molecule has 110 heavy (non-hydrogen) atoms. The van der Waals surface area contributed by atoms with Gasteiger partial charge in [-0.15, -0.1) is 0 Å². The molecule has 0 aliphatic carbocycles. The summed E-state index contributed by atoms with van der Waals surface area (Å²) < 4.78 is 0. The van der Waals surface area contributed by atoms with E-state index in [0.717, 1.165) is 54.8 Å². The number of Topliss-reactive ketones (excluding diaryl/α,β-unsaturated/α-hetero) is 6. The molecule has 0 saturated carbocycles. The van der Waals surface area contributed by atoms with Gasteiger partial charge in [0.05, 0.1) is 35.2 Å². The van der Waals surface area contributed by atoms with Gasteiger partial charge in [0, 0.05) is 38.5 Å². The molecule has 0 aliphatic heterocycles. The van der Waals surface area contributed by atoms with Gasteiger partial charge in [0.15, 0.2) is 0 Å². The zero-order chi connectivity index (χ0) is 85.4. The number of ketones is 6. The topological polar surface area (TPSA) is 143 Å². The zero-order valence-electron chi connectivity index (χ0n) is 76.2. The van der Waals surface area contributed by atoms with E-state index in [1.165, 1.54) is 20.7 Å². The molecule has 6 aromatic rings. The van der Waals surface area contributed by atoms with E-state index in [0.29, 0.717) is 68.8 Å². The van der Waals surface area contributed by atoms with Crippen LogP contribution >= 0.6 is 0 Å². The number of benzene rings is 6. The Labute approximate surface area is 681 Å². The predicted molar refractivity (Wildman–Crippen MR) is 496 cm³/mol. The summed E-state index contributed by atoms with van der Waals surface area (Å²) in [7, 11) is -9.07. The Bertz CT molecular complexity index is 3410. The highest BCUT2D eigenvalue weighted by atomic mass is 28.4. The summed E-state index contributed by atoms with van der Waals surface area (Å²) in [5, 5.41) is 10.4. The molecule has 0 aliphatic rings. The van der Waals surface area contributed by atoms with Crippen molar-refractivity contribution in [3.63, 3.8) is 0 Å². The van der Waals surface area contributed by atoms with Crippen molar-refractivity contribution < 1.29 is 38.4 Å². The molecule has 0 fully saturated rings. The van der Waals surface area contributed by atoms with Gasteiger partial charge in [-0.05, 0) is 149 Å². The fourth-order valence-corrected chi connectivity index (χ4v) is 43.9. The van der Waals surface area contributed by atoms with Gasteiger partial charge in [-0.2, -0.15) is 0 Å². The maximum Gasteiger partial charge on any atom is 0.225 e. The SMILES string of the molecule is CC(=O)Cc1ccc([SiH](C(C)(C)C)C(C)(C)C)cc1.CC(=O)Cc1ccc([SiH](C(C)(C)C)C(C)(C)C)cc1.CC(=O)Cc1ccc([SiH](C(C)(C)C)C(C)(C)C)cc1.CC(=O)Cc1ccc([SiH](C(C)C)C(C)C)cc1.CC(=O)Cc1ccc([Si](O)(C(C)C)C(C)C)cc1.CC(=O)Cc1ccc([Si](O)(C(C)C)C(C)C)cc1. The molecule has 0 radical (unpaired) electrons. The van der Waals surface area contributed by atoms with E-state index in [1.807, 2.05) is 48.5 Å². The Morgan fingerprint density at radius 2 is 0.391 bits per heavy atom. The van der Waals surface area contributed by atoms with Crippen LogP contribution in [-0.4, -0.2) is 96.1 Å². The van der Waals surface area contributed by atoms with Gasteiger partial charge in [0.1, 0.15) is 34.7 Å². The standard InChI is InChI=1S/3C17H28OSi.2C15H24O2Si.C15H24OSi/c3*1-13(18)12-14-8-10-15(11-9-14)19(16(2,3)4)17(5,6)7;2*1-11(2)18(17,12(3)4)15-8-6-14(7-9-15)10-13(5)16;1-11(2)17(12(3)4)15-8-6-14(7-9-15)10-13(5)16/h3*8-11,19H,12H2,1-7H3;2*6-9,11-12,17H,10H2,1-5H3;6-9,11-12,17H,10H2,1-5H3. The van der Waals surface area contributed by atoms with Crippen molar-refractivity contribution in [1.82, 2.24) is 0 Å². The van der Waals surface area contributed by atoms with E-state index in [4.69, 9.17) is 0 Å². The second-order valence-corrected chi connectivity index (χ2v) is 68.9. The van der Waals surface area contributed by atoms with Gasteiger partial charge in [-0.25, -0.2) is 0 Å². The van der Waals surface area contributed by atoms with E-state index in [9.17, 15) is 38.4 Å². The summed E-state index contributed by atoms with van der Waals surface area (Å²) in [6, 6.07) is 51.0. The van der Waals surface area contributed by atoms with E-state index >= 15 is 0 Å². The third-order valence-corrected chi connectivity index (χ3v) is 48.1. The largest absolute Gasteiger partial charge is 0.427 e. The molecule has 0 atom stereocenters. The number of hydrogen-bond donors (Lipinski definition) is 2. The Balaban J connectivity index is 0.000000660. The third-order valence-electron chi connectivity index (χ3n) is 21.0. The molecule has 6 rings (SSSR count). The maximum atomic E-state index is 11.2. The number of hydrogen-bond acceptors (Lipinski definition) is 8. The van der Waals surface area contributed by atoms with Crippen molar-refractivity contribution in [2.45, 2.75) is 351 Å². The van der Waals surface area contributed by atoms with Crippen LogP contribution in [0, 0.1) is 0 Å². The highest BCUT2D eigenvalue weighted by Crippen LogP contribution is 2.44. The van der Waals surface area contributed by atoms with Crippen LogP contribution in [-0.2, 0) is 67.3 Å². The molecule has 8 nitrogen and oxygen atoms in total. The molecule has 0 unspecified atom stereocenters. The lowest BCUT2D eigenvalue weighted by atomic mass is 10.1. The summed E-state index contributed by atoms with van der Waals surface area (Å²) in [4.78, 5) is 88.6. The van der Waals surface area contributed by atoms with Crippen molar-refractivity contribution in [3.8, 4) is 0 Å². The van der Waals surface area contributed by atoms with Gasteiger partial charge < -0.3 is 9.59 Å². The van der Waals surface area contributed by atoms with Crippen LogP contribution < -0.4 is 31.1 Å². The molecule has 0 bridgehead atoms. The lowest BCUT2D eigenvalue weighted by molar-refractivity contribution is -0.117. The van der Waals surface area contributed by atoms with Crippen LogP contribution in [0.4, 0.5) is 0 Å². The summed E-state index contributed by atoms with van der Waals surface area (Å²) in [6.07, 6.45) is 3.18. The molecule has 0 saturated heterocycles. The Hall–Kier alpha value is -5.44. The highest BCUT2D eigenvalue weighted by molar-refractivity contribution is 6.88. The van der Waals surface area contributed by atoms with Crippen molar-refractivity contribution in [3.05, 3.63) is 179 Å². The monoisotopic (exact) mass is 1610 g/mol. The molecule has 0 amide bonds. The smallest absolute Gasteiger partial charge is 0.225 e.